The molecule has 0 unspecified atom stereocenters. The molecular weight excluding hydrogens is 364 g/mol. The number of pyridine rings is 1. The summed E-state index contributed by atoms with van der Waals surface area (Å²) >= 11 is 6.05. The summed E-state index contributed by atoms with van der Waals surface area (Å²) in [7, 11) is -3.68. The highest BCUT2D eigenvalue weighted by Gasteiger charge is 2.22. The molecule has 2 rings (SSSR count). The normalized spacial score (nSPS) is 11.5. The lowest BCUT2D eigenvalue weighted by Gasteiger charge is -2.23. The summed E-state index contributed by atoms with van der Waals surface area (Å²) in [5.74, 6) is -0.574. The maximum Gasteiger partial charge on any atom is 0.260 e. The summed E-state index contributed by atoms with van der Waals surface area (Å²) in [6.45, 7) is 1.28. The highest BCUT2D eigenvalue weighted by molar-refractivity contribution is 7.92. The number of carbonyl (C=O) groups is 1. The number of aromatic nitrogens is 1. The van der Waals surface area contributed by atoms with Gasteiger partial charge >= 0.3 is 0 Å². The molecule has 1 amide bonds. The van der Waals surface area contributed by atoms with Crippen molar-refractivity contribution in [1.82, 2.24) is 10.4 Å². The molecule has 0 fully saturated rings. The third-order valence-electron chi connectivity index (χ3n) is 3.30. The Balaban J connectivity index is 2.14. The average molecular weight is 381 g/mol. The van der Waals surface area contributed by atoms with Crippen molar-refractivity contribution in [2.75, 3.05) is 17.1 Å². The van der Waals surface area contributed by atoms with Crippen LogP contribution >= 0.6 is 11.6 Å². The number of anilines is 1. The van der Waals surface area contributed by atoms with Crippen molar-refractivity contribution >= 4 is 39.4 Å². The average Bonchev–Trinajstić information content (AvgIpc) is 2.55. The first kappa shape index (κ1) is 18.9. The molecule has 1 aromatic carbocycles. The summed E-state index contributed by atoms with van der Waals surface area (Å²) in [6, 6.07) is 8.31. The van der Waals surface area contributed by atoms with Crippen LogP contribution in [0.15, 0.2) is 47.8 Å². The molecule has 0 aliphatic carbocycles. The second-order valence-corrected chi connectivity index (χ2v) is 7.54. The molecule has 0 aliphatic heterocycles. The van der Waals surface area contributed by atoms with Crippen LogP contribution in [0.25, 0.3) is 0 Å². The molecule has 0 bridgehead atoms. The van der Waals surface area contributed by atoms with Crippen molar-refractivity contribution in [3.63, 3.8) is 0 Å². The number of nitrogens with one attached hydrogen (secondary N) is 1. The van der Waals surface area contributed by atoms with E-state index in [0.717, 1.165) is 16.1 Å². The molecule has 0 radical (unpaired) electrons. The first-order chi connectivity index (χ1) is 11.8. The van der Waals surface area contributed by atoms with Gasteiger partial charge < -0.3 is 0 Å². The van der Waals surface area contributed by atoms with Gasteiger partial charge in [0.2, 0.25) is 10.0 Å². The lowest BCUT2D eigenvalue weighted by molar-refractivity contribution is -0.119. The van der Waals surface area contributed by atoms with Crippen LogP contribution in [0.3, 0.4) is 0 Å². The van der Waals surface area contributed by atoms with E-state index in [0.29, 0.717) is 16.3 Å². The number of halogens is 1. The number of benzene rings is 1. The standard InChI is InChI=1S/C16H17ClN4O3S/c1-12-14(17)4-3-5-15(12)21(25(2,23)24)11-16(22)20-19-10-13-6-8-18-9-7-13/h3-10H,11H2,1-2H3,(H,20,22)/b19-10-. The zero-order valence-corrected chi connectivity index (χ0v) is 15.3. The SMILES string of the molecule is Cc1c(Cl)cccc1N(CC(=O)N/N=C\c1ccncc1)S(C)(=O)=O. The molecule has 0 saturated carbocycles. The number of amides is 1. The maximum absolute atomic E-state index is 12.1. The van der Waals surface area contributed by atoms with Gasteiger partial charge in [-0.1, -0.05) is 17.7 Å². The fraction of sp³-hybridized carbons (Fsp3) is 0.188. The van der Waals surface area contributed by atoms with Gasteiger partial charge in [-0.25, -0.2) is 13.8 Å². The Morgan fingerprint density at radius 3 is 2.64 bits per heavy atom. The lowest BCUT2D eigenvalue weighted by Crippen LogP contribution is -2.39. The predicted octanol–water partition coefficient (Wildman–Crippen LogP) is 1.96. The van der Waals surface area contributed by atoms with Gasteiger partial charge in [-0.15, -0.1) is 0 Å². The van der Waals surface area contributed by atoms with Gasteiger partial charge in [0.1, 0.15) is 6.54 Å². The number of nitrogens with zero attached hydrogens (tertiary/aromatic N) is 3. The largest absolute Gasteiger partial charge is 0.271 e. The van der Waals surface area contributed by atoms with Crippen LogP contribution in [0.2, 0.25) is 5.02 Å². The summed E-state index contributed by atoms with van der Waals surface area (Å²) in [6.07, 6.45) is 5.66. The summed E-state index contributed by atoms with van der Waals surface area (Å²) < 4.78 is 25.2. The van der Waals surface area contributed by atoms with E-state index >= 15 is 0 Å². The van der Waals surface area contributed by atoms with Crippen LogP contribution in [0.4, 0.5) is 5.69 Å². The molecule has 0 atom stereocenters. The Hall–Kier alpha value is -2.45. The number of hydrogen-bond donors (Lipinski definition) is 1. The van der Waals surface area contributed by atoms with E-state index in [2.05, 4.69) is 15.5 Å². The highest BCUT2D eigenvalue weighted by atomic mass is 35.5. The van der Waals surface area contributed by atoms with Gasteiger partial charge in [0.05, 0.1) is 18.2 Å². The molecular formula is C16H17ClN4O3S. The Morgan fingerprint density at radius 2 is 2.00 bits per heavy atom. The fourth-order valence-electron chi connectivity index (χ4n) is 2.04. The van der Waals surface area contributed by atoms with Crippen molar-refractivity contribution in [1.29, 1.82) is 0 Å². The van der Waals surface area contributed by atoms with Crippen molar-refractivity contribution in [3.05, 3.63) is 58.9 Å². The quantitative estimate of drug-likeness (QED) is 0.612. The van der Waals surface area contributed by atoms with Crippen LogP contribution in [0.1, 0.15) is 11.1 Å². The third-order valence-corrected chi connectivity index (χ3v) is 4.84. The number of carbonyl (C=O) groups excluding carboxylic acids is 1. The monoisotopic (exact) mass is 380 g/mol. The van der Waals surface area contributed by atoms with E-state index in [1.54, 1.807) is 49.6 Å². The highest BCUT2D eigenvalue weighted by Crippen LogP contribution is 2.27. The molecule has 25 heavy (non-hydrogen) atoms. The van der Waals surface area contributed by atoms with Gasteiger partial charge in [0.15, 0.2) is 0 Å². The minimum atomic E-state index is -3.68. The van der Waals surface area contributed by atoms with Gasteiger partial charge in [0, 0.05) is 17.4 Å². The lowest BCUT2D eigenvalue weighted by atomic mass is 10.2. The van der Waals surface area contributed by atoms with Crippen LogP contribution in [-0.2, 0) is 14.8 Å². The zero-order valence-electron chi connectivity index (χ0n) is 13.7. The Bertz CT molecular complexity index is 886. The smallest absolute Gasteiger partial charge is 0.260 e. The van der Waals surface area contributed by atoms with Crippen molar-refractivity contribution < 1.29 is 13.2 Å². The van der Waals surface area contributed by atoms with E-state index in [1.807, 2.05) is 0 Å². The van der Waals surface area contributed by atoms with E-state index in [9.17, 15) is 13.2 Å². The van der Waals surface area contributed by atoms with Gasteiger partial charge in [-0.2, -0.15) is 5.10 Å². The van der Waals surface area contributed by atoms with Crippen molar-refractivity contribution in [2.24, 2.45) is 5.10 Å². The van der Waals surface area contributed by atoms with Gasteiger partial charge in [0.25, 0.3) is 5.91 Å². The minimum Gasteiger partial charge on any atom is -0.271 e. The summed E-state index contributed by atoms with van der Waals surface area (Å²) in [5.41, 5.74) is 3.98. The Kier molecular flexibility index (Phi) is 6.11. The zero-order chi connectivity index (χ0) is 18.4. The first-order valence-corrected chi connectivity index (χ1v) is 9.46. The molecule has 1 N–H and O–H groups in total. The third kappa shape index (κ3) is 5.27. The van der Waals surface area contributed by atoms with Crippen molar-refractivity contribution in [3.8, 4) is 0 Å². The minimum absolute atomic E-state index is 0.350. The molecule has 0 aliphatic rings. The fourth-order valence-corrected chi connectivity index (χ4v) is 3.12. The second kappa shape index (κ2) is 8.09. The van der Waals surface area contributed by atoms with E-state index in [1.165, 1.54) is 6.21 Å². The Labute approximate surface area is 151 Å². The summed E-state index contributed by atoms with van der Waals surface area (Å²) in [5, 5.41) is 4.23. The predicted molar refractivity (Wildman–Crippen MR) is 98.4 cm³/mol. The van der Waals surface area contributed by atoms with E-state index in [4.69, 9.17) is 11.6 Å². The molecule has 132 valence electrons. The van der Waals surface area contributed by atoms with E-state index < -0.39 is 22.5 Å². The molecule has 7 nitrogen and oxygen atoms in total. The van der Waals surface area contributed by atoms with E-state index in [-0.39, 0.29) is 0 Å². The second-order valence-electron chi connectivity index (χ2n) is 5.23. The van der Waals surface area contributed by atoms with Crippen molar-refractivity contribution in [2.45, 2.75) is 6.92 Å². The number of rotatable bonds is 6. The topological polar surface area (TPSA) is 91.7 Å². The molecule has 9 heteroatoms. The van der Waals surface area contributed by atoms with Crippen LogP contribution in [0, 0.1) is 6.92 Å². The van der Waals surface area contributed by atoms with Crippen LogP contribution in [0.5, 0.6) is 0 Å². The number of hydrogen-bond acceptors (Lipinski definition) is 5. The molecule has 2 aromatic rings. The van der Waals surface area contributed by atoms with Gasteiger partial charge in [-0.3, -0.25) is 14.1 Å². The summed E-state index contributed by atoms with van der Waals surface area (Å²) in [4.78, 5) is 16.0. The molecule has 1 aromatic heterocycles. The maximum atomic E-state index is 12.1. The number of sulfonamides is 1. The number of hydrazone groups is 1. The van der Waals surface area contributed by atoms with Gasteiger partial charge in [-0.05, 0) is 42.3 Å². The molecule has 0 spiro atoms. The first-order valence-electron chi connectivity index (χ1n) is 7.24. The van der Waals surface area contributed by atoms with Crippen LogP contribution in [-0.4, -0.2) is 38.3 Å². The molecule has 1 heterocycles. The Morgan fingerprint density at radius 1 is 1.32 bits per heavy atom. The molecule has 0 saturated heterocycles. The van der Waals surface area contributed by atoms with Crippen LogP contribution < -0.4 is 9.73 Å².